The highest BCUT2D eigenvalue weighted by Gasteiger charge is 1.96. The molecule has 0 unspecified atom stereocenters. The molecule has 0 saturated heterocycles. The van der Waals surface area contributed by atoms with Gasteiger partial charge in [0.25, 0.3) is 0 Å². The zero-order chi connectivity index (χ0) is 9.94. The van der Waals surface area contributed by atoms with Crippen LogP contribution < -0.4 is 10.6 Å². The Bertz CT molecular complexity index is 122. The molecule has 0 saturated carbocycles. The van der Waals surface area contributed by atoms with Gasteiger partial charge in [0.1, 0.15) is 0 Å². The molecule has 0 aliphatic carbocycles. The fraction of sp³-hybridized carbons (Fsp3) is 0.900. The van der Waals surface area contributed by atoms with E-state index in [9.17, 15) is 0 Å². The Balaban J connectivity index is 3.72. The number of rotatable bonds is 6. The lowest BCUT2D eigenvalue weighted by Crippen LogP contribution is -2.33. The van der Waals surface area contributed by atoms with Gasteiger partial charge in [-0.2, -0.15) is 0 Å². The maximum atomic E-state index is 4.36. The smallest absolute Gasteiger partial charge is 0.213 e. The summed E-state index contributed by atoms with van der Waals surface area (Å²) >= 11 is 0. The number of aliphatic imine (C=N–C) groups is 1. The van der Waals surface area contributed by atoms with Gasteiger partial charge in [-0.25, -0.2) is 0 Å². The minimum absolute atomic E-state index is 0.838. The van der Waals surface area contributed by atoms with Crippen molar-refractivity contribution in [2.24, 2.45) is 4.99 Å². The maximum absolute atomic E-state index is 4.36. The molecule has 0 aromatic carbocycles. The van der Waals surface area contributed by atoms with E-state index in [0.29, 0.717) is 0 Å². The van der Waals surface area contributed by atoms with Gasteiger partial charge in [0.05, 0.1) is 0 Å². The molecule has 3 nitrogen and oxygen atoms in total. The first kappa shape index (κ1) is 12.3. The van der Waals surface area contributed by atoms with Gasteiger partial charge in [-0.05, 0) is 19.3 Å². The van der Waals surface area contributed by atoms with E-state index in [-0.39, 0.29) is 0 Å². The summed E-state index contributed by atoms with van der Waals surface area (Å²) in [5, 5.41) is 7.58. The standard InChI is InChI=1S/C10H22N3/c1-4-7-11-10(12-8-5-2)13-9-6-3/h4-9H2,1-3H3,(H,11,12). The normalized spacial score (nSPS) is 11.5. The summed E-state index contributed by atoms with van der Waals surface area (Å²) in [5.41, 5.74) is 0. The van der Waals surface area contributed by atoms with Crippen LogP contribution in [0.1, 0.15) is 40.0 Å². The molecule has 0 bridgehead atoms. The van der Waals surface area contributed by atoms with Gasteiger partial charge in [0.15, 0.2) is 0 Å². The van der Waals surface area contributed by atoms with Crippen molar-refractivity contribution < 1.29 is 0 Å². The summed E-state index contributed by atoms with van der Waals surface area (Å²) in [6.07, 6.45) is 3.28. The van der Waals surface area contributed by atoms with Crippen LogP contribution in [0.25, 0.3) is 0 Å². The van der Waals surface area contributed by atoms with Gasteiger partial charge < -0.3 is 5.32 Å². The molecule has 3 heteroatoms. The topological polar surface area (TPSA) is 38.5 Å². The van der Waals surface area contributed by atoms with Crippen molar-refractivity contribution in [1.29, 1.82) is 0 Å². The van der Waals surface area contributed by atoms with Crippen molar-refractivity contribution in [1.82, 2.24) is 10.6 Å². The van der Waals surface area contributed by atoms with E-state index in [0.717, 1.165) is 44.9 Å². The number of nitrogens with zero attached hydrogens (tertiary/aromatic N) is 2. The quantitative estimate of drug-likeness (QED) is 0.496. The van der Waals surface area contributed by atoms with E-state index >= 15 is 0 Å². The Kier molecular flexibility index (Phi) is 8.83. The lowest BCUT2D eigenvalue weighted by Gasteiger charge is -2.07. The lowest BCUT2D eigenvalue weighted by atomic mass is 10.4. The first-order valence-electron chi connectivity index (χ1n) is 5.30. The maximum Gasteiger partial charge on any atom is 0.213 e. The first-order valence-corrected chi connectivity index (χ1v) is 5.30. The van der Waals surface area contributed by atoms with E-state index in [1.165, 1.54) is 0 Å². The van der Waals surface area contributed by atoms with Crippen LogP contribution in [-0.4, -0.2) is 25.6 Å². The highest BCUT2D eigenvalue weighted by Crippen LogP contribution is 1.82. The van der Waals surface area contributed by atoms with Crippen LogP contribution in [-0.2, 0) is 0 Å². The van der Waals surface area contributed by atoms with Crippen molar-refractivity contribution in [2.45, 2.75) is 40.0 Å². The summed E-state index contributed by atoms with van der Waals surface area (Å²) in [4.78, 5) is 4.36. The minimum Gasteiger partial charge on any atom is -0.355 e. The van der Waals surface area contributed by atoms with Crippen LogP contribution in [0.3, 0.4) is 0 Å². The molecule has 0 spiro atoms. The van der Waals surface area contributed by atoms with E-state index in [4.69, 9.17) is 0 Å². The summed E-state index contributed by atoms with van der Waals surface area (Å²) in [7, 11) is 0. The van der Waals surface area contributed by atoms with Gasteiger partial charge in [-0.3, -0.25) is 10.3 Å². The Morgan fingerprint density at radius 1 is 1.00 bits per heavy atom. The molecule has 1 N–H and O–H groups in total. The summed E-state index contributed by atoms with van der Waals surface area (Å²) in [6, 6.07) is 0. The molecule has 0 aromatic rings. The van der Waals surface area contributed by atoms with Crippen molar-refractivity contribution in [2.75, 3.05) is 19.6 Å². The fourth-order valence-corrected chi connectivity index (χ4v) is 0.834. The molecule has 0 rings (SSSR count). The third-order valence-corrected chi connectivity index (χ3v) is 1.50. The fourth-order valence-electron chi connectivity index (χ4n) is 0.834. The van der Waals surface area contributed by atoms with E-state index in [1.807, 2.05) is 0 Å². The van der Waals surface area contributed by atoms with Crippen LogP contribution in [0.5, 0.6) is 0 Å². The third-order valence-electron chi connectivity index (χ3n) is 1.50. The first-order chi connectivity index (χ1) is 6.35. The van der Waals surface area contributed by atoms with E-state index in [2.05, 4.69) is 36.4 Å². The predicted molar refractivity (Wildman–Crippen MR) is 58.2 cm³/mol. The third kappa shape index (κ3) is 7.62. The monoisotopic (exact) mass is 184 g/mol. The SMILES string of the molecule is CCC[N]/C(=N/CCC)NCCC. The highest BCUT2D eigenvalue weighted by atomic mass is 15.2. The number of hydrogen-bond acceptors (Lipinski definition) is 1. The lowest BCUT2D eigenvalue weighted by molar-refractivity contribution is 0.747. The van der Waals surface area contributed by atoms with Crippen molar-refractivity contribution >= 4 is 5.96 Å². The van der Waals surface area contributed by atoms with Gasteiger partial charge in [0.2, 0.25) is 5.96 Å². The van der Waals surface area contributed by atoms with Crippen LogP contribution in [0, 0.1) is 0 Å². The molecule has 13 heavy (non-hydrogen) atoms. The zero-order valence-electron chi connectivity index (χ0n) is 9.14. The number of nitrogens with one attached hydrogen (secondary N) is 1. The highest BCUT2D eigenvalue weighted by molar-refractivity contribution is 5.79. The second-order valence-electron chi connectivity index (χ2n) is 3.01. The van der Waals surface area contributed by atoms with Crippen molar-refractivity contribution in [3.8, 4) is 0 Å². The van der Waals surface area contributed by atoms with Gasteiger partial charge in [0, 0.05) is 19.6 Å². The average Bonchev–Trinajstić information content (AvgIpc) is 2.17. The largest absolute Gasteiger partial charge is 0.355 e. The van der Waals surface area contributed by atoms with E-state index in [1.54, 1.807) is 0 Å². The molecule has 1 radical (unpaired) electrons. The summed E-state index contributed by atoms with van der Waals surface area (Å²) in [5.74, 6) is 0.838. The molecular formula is C10H22N3. The Morgan fingerprint density at radius 2 is 1.69 bits per heavy atom. The number of hydrogen-bond donors (Lipinski definition) is 1. The average molecular weight is 184 g/mol. The molecule has 0 aliphatic heterocycles. The van der Waals surface area contributed by atoms with Crippen LogP contribution in [0.15, 0.2) is 4.99 Å². The summed E-state index contributed by atoms with van der Waals surface area (Å²) in [6.45, 7) is 9.11. The molecule has 0 atom stereocenters. The van der Waals surface area contributed by atoms with Gasteiger partial charge in [-0.15, -0.1) is 0 Å². The van der Waals surface area contributed by atoms with Crippen LogP contribution in [0.4, 0.5) is 0 Å². The van der Waals surface area contributed by atoms with Crippen molar-refractivity contribution in [3.63, 3.8) is 0 Å². The molecule has 0 heterocycles. The second-order valence-corrected chi connectivity index (χ2v) is 3.01. The van der Waals surface area contributed by atoms with Crippen LogP contribution in [0.2, 0.25) is 0 Å². The molecule has 0 fully saturated rings. The zero-order valence-corrected chi connectivity index (χ0v) is 9.14. The van der Waals surface area contributed by atoms with Gasteiger partial charge in [-0.1, -0.05) is 20.8 Å². The van der Waals surface area contributed by atoms with Crippen molar-refractivity contribution in [3.05, 3.63) is 0 Å². The predicted octanol–water partition coefficient (Wildman–Crippen LogP) is 1.77. The Labute approximate surface area is 82.0 Å². The van der Waals surface area contributed by atoms with Gasteiger partial charge >= 0.3 is 0 Å². The minimum atomic E-state index is 0.838. The molecular weight excluding hydrogens is 162 g/mol. The molecule has 0 aromatic heterocycles. The molecule has 0 aliphatic rings. The summed E-state index contributed by atoms with van der Waals surface area (Å²) < 4.78 is 0. The van der Waals surface area contributed by atoms with E-state index < -0.39 is 0 Å². The Morgan fingerprint density at radius 3 is 2.23 bits per heavy atom. The molecule has 77 valence electrons. The Hall–Kier alpha value is -0.730. The number of guanidine groups is 1. The van der Waals surface area contributed by atoms with Crippen LogP contribution >= 0.6 is 0 Å². The molecule has 0 amide bonds. The second kappa shape index (κ2) is 9.36.